The van der Waals surface area contributed by atoms with Gasteiger partial charge in [-0.1, -0.05) is 23.8 Å². The van der Waals surface area contributed by atoms with Gasteiger partial charge in [-0.2, -0.15) is 0 Å². The van der Waals surface area contributed by atoms with Crippen LogP contribution < -0.4 is 10.0 Å². The minimum Gasteiger partial charge on any atom is -0.755 e. The summed E-state index contributed by atoms with van der Waals surface area (Å²) in [6.07, 6.45) is 1.59. The third-order valence-corrected chi connectivity index (χ3v) is 3.63. The van der Waals surface area contributed by atoms with Crippen LogP contribution in [0.5, 0.6) is 0 Å². The summed E-state index contributed by atoms with van der Waals surface area (Å²) in [4.78, 5) is 0.619. The van der Waals surface area contributed by atoms with Gasteiger partial charge in [-0.05, 0) is 31.2 Å². The van der Waals surface area contributed by atoms with Crippen molar-refractivity contribution >= 4 is 51.3 Å². The number of anilines is 2. The van der Waals surface area contributed by atoms with Crippen molar-refractivity contribution in [2.24, 2.45) is 0 Å². The van der Waals surface area contributed by atoms with Gasteiger partial charge in [-0.3, -0.25) is 4.21 Å². The van der Waals surface area contributed by atoms with E-state index >= 15 is 0 Å². The molecule has 1 unspecified atom stereocenters. The molecule has 0 amide bonds. The fraction of sp³-hybridized carbons (Fsp3) is 0.154. The van der Waals surface area contributed by atoms with Gasteiger partial charge in [0.25, 0.3) is 0 Å². The second kappa shape index (κ2) is 7.04. The zero-order valence-electron chi connectivity index (χ0n) is 11.0. The van der Waals surface area contributed by atoms with E-state index in [0.29, 0.717) is 22.7 Å². The molecule has 0 bridgehead atoms. The lowest BCUT2D eigenvalue weighted by molar-refractivity contribution is 0.518. The zero-order chi connectivity index (χ0) is 15.4. The van der Waals surface area contributed by atoms with E-state index in [1.165, 1.54) is 0 Å². The second-order valence-electron chi connectivity index (χ2n) is 4.20. The smallest absolute Gasteiger partial charge is 0.122 e. The summed E-state index contributed by atoms with van der Waals surface area (Å²) in [5.41, 5.74) is 1.70. The van der Waals surface area contributed by atoms with E-state index in [4.69, 9.17) is 28.2 Å². The van der Waals surface area contributed by atoms with Crippen molar-refractivity contribution < 1.29 is 13.2 Å². The highest BCUT2D eigenvalue weighted by atomic mass is 35.5. The Kier molecular flexibility index (Phi) is 5.35. The number of rotatable bonds is 6. The first-order valence-corrected chi connectivity index (χ1v) is 7.80. The van der Waals surface area contributed by atoms with Gasteiger partial charge in [0.1, 0.15) is 5.76 Å². The molecule has 2 N–H and O–H groups in total. The number of halogens is 1. The summed E-state index contributed by atoms with van der Waals surface area (Å²) in [5.74, 6) is 0.766. The Hall–Kier alpha value is -1.41. The molecule has 0 aliphatic rings. The number of hydrogen-bond donors (Lipinski definition) is 2. The minimum absolute atomic E-state index is 0.279. The molecule has 1 aromatic carbocycles. The van der Waals surface area contributed by atoms with E-state index in [1.54, 1.807) is 31.4 Å². The topological polar surface area (TPSA) is 77.3 Å². The first kappa shape index (κ1) is 16.0. The van der Waals surface area contributed by atoms with Gasteiger partial charge in [-0.15, -0.1) is 0 Å². The molecule has 1 atom stereocenters. The predicted molar refractivity (Wildman–Crippen MR) is 87.4 cm³/mol. The molecule has 8 heteroatoms. The lowest BCUT2D eigenvalue weighted by Gasteiger charge is -2.16. The molecule has 0 saturated heterocycles. The Bertz CT molecular complexity index is 674. The van der Waals surface area contributed by atoms with Gasteiger partial charge in [0.15, 0.2) is 0 Å². The molecule has 0 aliphatic carbocycles. The largest absolute Gasteiger partial charge is 0.755 e. The molecular formula is C13H12ClN2O3S2-. The molecule has 1 heterocycles. The van der Waals surface area contributed by atoms with Crippen molar-refractivity contribution in [2.75, 3.05) is 10.0 Å². The summed E-state index contributed by atoms with van der Waals surface area (Å²) in [5, 5.41) is 3.45. The lowest BCUT2D eigenvalue weighted by Crippen LogP contribution is -2.08. The van der Waals surface area contributed by atoms with E-state index in [0.717, 1.165) is 5.76 Å². The van der Waals surface area contributed by atoms with Crippen LogP contribution in [0.2, 0.25) is 5.02 Å². The summed E-state index contributed by atoms with van der Waals surface area (Å²) in [7, 11) is 0. The molecule has 0 saturated carbocycles. The Morgan fingerprint density at radius 1 is 1.48 bits per heavy atom. The number of nitrogens with one attached hydrogen (secondary N) is 2. The summed E-state index contributed by atoms with van der Waals surface area (Å²) in [6.45, 7) is 2.23. The number of benzene rings is 1. The van der Waals surface area contributed by atoms with Crippen LogP contribution in [0.1, 0.15) is 18.2 Å². The van der Waals surface area contributed by atoms with E-state index in [-0.39, 0.29) is 10.7 Å². The van der Waals surface area contributed by atoms with Gasteiger partial charge in [0, 0.05) is 27.4 Å². The van der Waals surface area contributed by atoms with E-state index < -0.39 is 11.3 Å². The molecule has 0 spiro atoms. The van der Waals surface area contributed by atoms with Gasteiger partial charge in [0.05, 0.1) is 23.5 Å². The predicted octanol–water partition coefficient (Wildman–Crippen LogP) is 3.49. The maximum absolute atomic E-state index is 10.7. The summed E-state index contributed by atoms with van der Waals surface area (Å²) >= 11 is 8.81. The molecular weight excluding hydrogens is 332 g/mol. The molecule has 2 aromatic rings. The molecule has 112 valence electrons. The quantitative estimate of drug-likeness (QED) is 0.477. The van der Waals surface area contributed by atoms with E-state index in [1.807, 2.05) is 6.07 Å². The molecule has 1 aromatic heterocycles. The number of hydrogen-bond acceptors (Lipinski definition) is 5. The third kappa shape index (κ3) is 4.28. The minimum atomic E-state index is -2.45. The third-order valence-electron chi connectivity index (χ3n) is 2.71. The average molecular weight is 344 g/mol. The molecule has 21 heavy (non-hydrogen) atoms. The van der Waals surface area contributed by atoms with Crippen LogP contribution in [-0.4, -0.2) is 13.6 Å². The van der Waals surface area contributed by atoms with Crippen LogP contribution in [0, 0.1) is 0 Å². The summed E-state index contributed by atoms with van der Waals surface area (Å²) in [6, 6.07) is 6.87. The normalized spacial score (nSPS) is 12.0. The SMILES string of the molecule is CC(=S)c1cc(NS(=O)[O-])c(Cl)cc1NCc1ccco1. The van der Waals surface area contributed by atoms with Crippen molar-refractivity contribution in [3.8, 4) is 0 Å². The monoisotopic (exact) mass is 343 g/mol. The molecule has 0 aliphatic heterocycles. The molecule has 2 rings (SSSR count). The van der Waals surface area contributed by atoms with E-state index in [9.17, 15) is 8.76 Å². The van der Waals surface area contributed by atoms with Crippen molar-refractivity contribution in [1.82, 2.24) is 0 Å². The lowest BCUT2D eigenvalue weighted by atomic mass is 10.1. The fourth-order valence-corrected chi connectivity index (χ4v) is 2.56. The summed E-state index contributed by atoms with van der Waals surface area (Å²) < 4.78 is 29.0. The Balaban J connectivity index is 2.29. The van der Waals surface area contributed by atoms with Crippen LogP contribution in [0.4, 0.5) is 11.4 Å². The number of thiocarbonyl (C=S) groups is 1. The average Bonchev–Trinajstić information content (AvgIpc) is 2.91. The van der Waals surface area contributed by atoms with Crippen molar-refractivity contribution in [3.05, 3.63) is 46.9 Å². The highest BCUT2D eigenvalue weighted by Gasteiger charge is 2.11. The maximum Gasteiger partial charge on any atom is 0.122 e. The molecule has 0 radical (unpaired) electrons. The van der Waals surface area contributed by atoms with Crippen LogP contribution in [0.25, 0.3) is 0 Å². The first-order chi connectivity index (χ1) is 9.97. The number of furan rings is 1. The van der Waals surface area contributed by atoms with Crippen LogP contribution in [-0.2, 0) is 17.8 Å². The van der Waals surface area contributed by atoms with Crippen molar-refractivity contribution in [3.63, 3.8) is 0 Å². The van der Waals surface area contributed by atoms with Crippen molar-refractivity contribution in [1.29, 1.82) is 0 Å². The van der Waals surface area contributed by atoms with Gasteiger partial charge in [-0.25, -0.2) is 0 Å². The Morgan fingerprint density at radius 3 is 2.81 bits per heavy atom. The van der Waals surface area contributed by atoms with Crippen LogP contribution >= 0.6 is 23.8 Å². The van der Waals surface area contributed by atoms with Crippen LogP contribution in [0.3, 0.4) is 0 Å². The molecule has 5 nitrogen and oxygen atoms in total. The van der Waals surface area contributed by atoms with Gasteiger partial charge in [0.2, 0.25) is 0 Å². The van der Waals surface area contributed by atoms with Gasteiger partial charge < -0.3 is 19.0 Å². The fourth-order valence-electron chi connectivity index (χ4n) is 1.77. The first-order valence-electron chi connectivity index (χ1n) is 5.94. The van der Waals surface area contributed by atoms with Crippen LogP contribution in [0.15, 0.2) is 34.9 Å². The Labute approximate surface area is 135 Å². The molecule has 0 fully saturated rings. The zero-order valence-corrected chi connectivity index (χ0v) is 13.4. The van der Waals surface area contributed by atoms with Gasteiger partial charge >= 0.3 is 0 Å². The Morgan fingerprint density at radius 2 is 2.24 bits per heavy atom. The van der Waals surface area contributed by atoms with E-state index in [2.05, 4.69) is 10.0 Å². The highest BCUT2D eigenvalue weighted by molar-refractivity contribution is 7.81. The maximum atomic E-state index is 10.7. The highest BCUT2D eigenvalue weighted by Crippen LogP contribution is 2.30. The standard InChI is InChI=1S/C13H13ClN2O3S2/c1-8(20)10-5-13(16-21(17)18)11(14)6-12(10)15-7-9-3-2-4-19-9/h2-6,15-16H,7H2,1H3,(H,17,18)/p-1. The van der Waals surface area contributed by atoms with Crippen molar-refractivity contribution in [2.45, 2.75) is 13.5 Å². The second-order valence-corrected chi connectivity index (χ2v) is 5.90.